The van der Waals surface area contributed by atoms with Crippen molar-refractivity contribution < 1.29 is 9.47 Å². The van der Waals surface area contributed by atoms with E-state index in [0.717, 1.165) is 47.4 Å². The second kappa shape index (κ2) is 7.58. The van der Waals surface area contributed by atoms with Crippen LogP contribution in [0.5, 0.6) is 11.5 Å². The predicted octanol–water partition coefficient (Wildman–Crippen LogP) is 3.52. The Hall–Kier alpha value is -2.96. The van der Waals surface area contributed by atoms with Crippen molar-refractivity contribution in [1.29, 1.82) is 0 Å². The Morgan fingerprint density at radius 3 is 2.50 bits per heavy atom. The fourth-order valence-corrected chi connectivity index (χ4v) is 3.99. The molecule has 4 rings (SSSR count). The summed E-state index contributed by atoms with van der Waals surface area (Å²) in [6, 6.07) is 8.39. The summed E-state index contributed by atoms with van der Waals surface area (Å²) in [6.45, 7) is 5.09. The molecule has 2 atom stereocenters. The SMILES string of the molecule is COc1cc2cnnc(N3CCC(c4ccc(C)nn4)CC3C)c2cc1OC. The van der Waals surface area contributed by atoms with Crippen LogP contribution in [0.25, 0.3) is 10.8 Å². The minimum Gasteiger partial charge on any atom is -0.493 e. The van der Waals surface area contributed by atoms with Gasteiger partial charge in [-0.1, -0.05) is 0 Å². The molecule has 7 heteroatoms. The number of hydrogen-bond acceptors (Lipinski definition) is 7. The molecule has 7 nitrogen and oxygen atoms in total. The first-order valence-electron chi connectivity index (χ1n) is 9.55. The molecule has 3 heterocycles. The molecule has 0 aliphatic carbocycles. The smallest absolute Gasteiger partial charge is 0.161 e. The number of aromatic nitrogens is 4. The lowest BCUT2D eigenvalue weighted by atomic mass is 9.88. The van der Waals surface area contributed by atoms with E-state index in [1.807, 2.05) is 25.1 Å². The maximum absolute atomic E-state index is 5.49. The van der Waals surface area contributed by atoms with Gasteiger partial charge >= 0.3 is 0 Å². The van der Waals surface area contributed by atoms with E-state index in [4.69, 9.17) is 9.47 Å². The van der Waals surface area contributed by atoms with E-state index < -0.39 is 0 Å². The van der Waals surface area contributed by atoms with Gasteiger partial charge in [0, 0.05) is 29.3 Å². The lowest BCUT2D eigenvalue weighted by molar-refractivity contribution is 0.356. The molecular formula is C21H25N5O2. The average molecular weight is 379 g/mol. The zero-order valence-electron chi connectivity index (χ0n) is 16.7. The van der Waals surface area contributed by atoms with Gasteiger partial charge in [-0.3, -0.25) is 0 Å². The first-order chi connectivity index (χ1) is 13.6. The molecule has 0 radical (unpaired) electrons. The largest absolute Gasteiger partial charge is 0.493 e. The summed E-state index contributed by atoms with van der Waals surface area (Å²) in [5.74, 6) is 2.69. The second-order valence-corrected chi connectivity index (χ2v) is 7.33. The molecule has 1 aliphatic rings. The summed E-state index contributed by atoms with van der Waals surface area (Å²) in [7, 11) is 3.29. The molecule has 2 unspecified atom stereocenters. The molecule has 3 aromatic rings. The van der Waals surface area contributed by atoms with Crippen molar-refractivity contribution in [1.82, 2.24) is 20.4 Å². The standard InChI is InChI=1S/C21H25N5O2/c1-13-5-6-18(24-23-13)15-7-8-26(14(2)9-15)21-17-11-20(28-4)19(27-3)10-16(17)12-22-25-21/h5-6,10-12,14-15H,7-9H2,1-4H3. The van der Waals surface area contributed by atoms with Gasteiger partial charge in [0.25, 0.3) is 0 Å². The van der Waals surface area contributed by atoms with Gasteiger partial charge in [-0.25, -0.2) is 0 Å². The van der Waals surface area contributed by atoms with Crippen molar-refractivity contribution in [3.8, 4) is 11.5 Å². The highest BCUT2D eigenvalue weighted by molar-refractivity contribution is 5.94. The monoisotopic (exact) mass is 379 g/mol. The third-order valence-electron chi connectivity index (χ3n) is 5.53. The number of nitrogens with zero attached hydrogens (tertiary/aromatic N) is 5. The Balaban J connectivity index is 1.64. The zero-order valence-corrected chi connectivity index (χ0v) is 16.7. The predicted molar refractivity (Wildman–Crippen MR) is 108 cm³/mol. The molecule has 0 saturated carbocycles. The number of piperidine rings is 1. The lowest BCUT2D eigenvalue weighted by Crippen LogP contribution is -2.41. The van der Waals surface area contributed by atoms with Gasteiger partial charge in [0.15, 0.2) is 17.3 Å². The molecule has 0 bridgehead atoms. The second-order valence-electron chi connectivity index (χ2n) is 7.33. The number of aryl methyl sites for hydroxylation is 1. The van der Waals surface area contributed by atoms with E-state index in [-0.39, 0.29) is 0 Å². The number of anilines is 1. The van der Waals surface area contributed by atoms with E-state index in [0.29, 0.717) is 23.5 Å². The molecule has 2 aromatic heterocycles. The molecule has 146 valence electrons. The number of fused-ring (bicyclic) bond motifs is 1. The Labute approximate surface area is 164 Å². The molecule has 1 aliphatic heterocycles. The number of hydrogen-bond donors (Lipinski definition) is 0. The van der Waals surface area contributed by atoms with Gasteiger partial charge in [0.1, 0.15) is 0 Å². The van der Waals surface area contributed by atoms with Crippen LogP contribution >= 0.6 is 0 Å². The Bertz CT molecular complexity index is 976. The van der Waals surface area contributed by atoms with Crippen LogP contribution in [0.1, 0.15) is 37.1 Å². The quantitative estimate of drug-likeness (QED) is 0.687. The van der Waals surface area contributed by atoms with Crippen LogP contribution in [0.15, 0.2) is 30.5 Å². The van der Waals surface area contributed by atoms with Crippen LogP contribution < -0.4 is 14.4 Å². The van der Waals surface area contributed by atoms with Crippen LogP contribution in [0, 0.1) is 6.92 Å². The lowest BCUT2D eigenvalue weighted by Gasteiger charge is -2.38. The van der Waals surface area contributed by atoms with Crippen molar-refractivity contribution in [2.75, 3.05) is 25.7 Å². The maximum atomic E-state index is 5.49. The Kier molecular flexibility index (Phi) is 4.98. The first kappa shape index (κ1) is 18.4. The summed E-state index contributed by atoms with van der Waals surface area (Å²) in [6.07, 6.45) is 3.77. The fourth-order valence-electron chi connectivity index (χ4n) is 3.99. The molecule has 28 heavy (non-hydrogen) atoms. The zero-order chi connectivity index (χ0) is 19.7. The van der Waals surface area contributed by atoms with Crippen molar-refractivity contribution in [3.05, 3.63) is 41.9 Å². The van der Waals surface area contributed by atoms with Gasteiger partial charge in [-0.15, -0.1) is 5.10 Å². The highest BCUT2D eigenvalue weighted by Crippen LogP contribution is 2.38. The van der Waals surface area contributed by atoms with E-state index >= 15 is 0 Å². The minimum atomic E-state index is 0.315. The molecule has 1 saturated heterocycles. The van der Waals surface area contributed by atoms with Gasteiger partial charge < -0.3 is 14.4 Å². The van der Waals surface area contributed by atoms with Crippen molar-refractivity contribution in [2.45, 2.75) is 38.6 Å². The molecule has 0 spiro atoms. The Morgan fingerprint density at radius 2 is 1.82 bits per heavy atom. The van der Waals surface area contributed by atoms with Crippen LogP contribution in [-0.2, 0) is 0 Å². The van der Waals surface area contributed by atoms with Crippen molar-refractivity contribution >= 4 is 16.6 Å². The molecule has 0 amide bonds. The normalized spacial score (nSPS) is 19.6. The average Bonchev–Trinajstić information content (AvgIpc) is 2.73. The number of benzene rings is 1. The van der Waals surface area contributed by atoms with Gasteiger partial charge in [0.05, 0.1) is 31.8 Å². The van der Waals surface area contributed by atoms with Crippen LogP contribution in [0.2, 0.25) is 0 Å². The van der Waals surface area contributed by atoms with Crippen molar-refractivity contribution in [2.24, 2.45) is 0 Å². The highest BCUT2D eigenvalue weighted by Gasteiger charge is 2.29. The first-order valence-corrected chi connectivity index (χ1v) is 9.55. The number of methoxy groups -OCH3 is 2. The van der Waals surface area contributed by atoms with Gasteiger partial charge in [-0.2, -0.15) is 15.3 Å². The van der Waals surface area contributed by atoms with Crippen LogP contribution in [-0.4, -0.2) is 47.2 Å². The van der Waals surface area contributed by atoms with Crippen LogP contribution in [0.3, 0.4) is 0 Å². The summed E-state index contributed by atoms with van der Waals surface area (Å²) < 4.78 is 10.9. The van der Waals surface area contributed by atoms with E-state index in [1.54, 1.807) is 20.4 Å². The number of ether oxygens (including phenoxy) is 2. The third kappa shape index (κ3) is 3.32. The maximum Gasteiger partial charge on any atom is 0.161 e. The topological polar surface area (TPSA) is 73.3 Å². The van der Waals surface area contributed by atoms with E-state index in [9.17, 15) is 0 Å². The third-order valence-corrected chi connectivity index (χ3v) is 5.53. The summed E-state index contributed by atoms with van der Waals surface area (Å²) >= 11 is 0. The fraction of sp³-hybridized carbons (Fsp3) is 0.429. The Morgan fingerprint density at radius 1 is 1.04 bits per heavy atom. The van der Waals surface area contributed by atoms with Gasteiger partial charge in [-0.05, 0) is 51.0 Å². The van der Waals surface area contributed by atoms with E-state index in [1.165, 1.54) is 0 Å². The van der Waals surface area contributed by atoms with E-state index in [2.05, 4.69) is 38.3 Å². The summed E-state index contributed by atoms with van der Waals surface area (Å²) in [5, 5.41) is 19.3. The molecule has 1 aromatic carbocycles. The van der Waals surface area contributed by atoms with Crippen molar-refractivity contribution in [3.63, 3.8) is 0 Å². The van der Waals surface area contributed by atoms with Gasteiger partial charge in [0.2, 0.25) is 0 Å². The summed E-state index contributed by atoms with van der Waals surface area (Å²) in [5.41, 5.74) is 2.03. The van der Waals surface area contributed by atoms with Crippen LogP contribution in [0.4, 0.5) is 5.82 Å². The molecule has 1 fully saturated rings. The minimum absolute atomic E-state index is 0.315. The number of rotatable bonds is 4. The molecule has 0 N–H and O–H groups in total. The summed E-state index contributed by atoms with van der Waals surface area (Å²) in [4.78, 5) is 2.33. The molecular weight excluding hydrogens is 354 g/mol. The highest BCUT2D eigenvalue weighted by atomic mass is 16.5.